The van der Waals surface area contributed by atoms with Crippen LogP contribution in [0.25, 0.3) is 11.1 Å². The zero-order valence-corrected chi connectivity index (χ0v) is 22.8. The Kier molecular flexibility index (Phi) is 9.34. The van der Waals surface area contributed by atoms with Crippen LogP contribution in [0, 0.1) is 0 Å². The van der Waals surface area contributed by atoms with Gasteiger partial charge in [-0.25, -0.2) is 4.79 Å². The van der Waals surface area contributed by atoms with Crippen LogP contribution in [0.4, 0.5) is 5.00 Å². The van der Waals surface area contributed by atoms with E-state index in [4.69, 9.17) is 9.47 Å². The van der Waals surface area contributed by atoms with E-state index in [-0.39, 0.29) is 18.3 Å². The molecule has 0 aliphatic rings. The van der Waals surface area contributed by atoms with E-state index in [1.54, 1.807) is 20.1 Å². The van der Waals surface area contributed by atoms with Crippen LogP contribution >= 0.6 is 23.1 Å². The highest BCUT2D eigenvalue weighted by molar-refractivity contribution is 7.99. The van der Waals surface area contributed by atoms with Crippen LogP contribution in [0.5, 0.6) is 5.75 Å². The first-order chi connectivity index (χ1) is 18.5. The number of anilines is 1. The molecule has 2 heterocycles. The highest BCUT2D eigenvalue weighted by Gasteiger charge is 2.23. The average molecular weight is 549 g/mol. The number of methoxy groups -OCH3 is 1. The van der Waals surface area contributed by atoms with Gasteiger partial charge in [0.1, 0.15) is 22.1 Å². The summed E-state index contributed by atoms with van der Waals surface area (Å²) in [6, 6.07) is 17.3. The quantitative estimate of drug-likeness (QED) is 0.138. The van der Waals surface area contributed by atoms with Crippen molar-refractivity contribution in [3.8, 4) is 16.9 Å². The van der Waals surface area contributed by atoms with E-state index in [1.807, 2.05) is 64.5 Å². The van der Waals surface area contributed by atoms with Gasteiger partial charge in [-0.05, 0) is 30.2 Å². The standard InChI is InChI=1S/C28H28N4O4S2/c1-4-15-32-23(16-19-11-13-21(35-3)14-12-19)30-31-28(32)38-18-24(33)29-26-25(27(34)36-5-2)22(17-37-26)20-9-7-6-8-10-20/h4,6-14,17H,1,5,15-16,18H2,2-3H3,(H,29,33). The Hall–Kier alpha value is -3.89. The molecule has 1 amide bonds. The minimum Gasteiger partial charge on any atom is -0.497 e. The topological polar surface area (TPSA) is 95.3 Å². The number of nitrogens with one attached hydrogen (secondary N) is 1. The second kappa shape index (κ2) is 13.1. The molecule has 0 radical (unpaired) electrons. The number of rotatable bonds is 12. The number of carbonyl (C=O) groups is 2. The first kappa shape index (κ1) is 27.2. The van der Waals surface area contributed by atoms with Crippen molar-refractivity contribution in [2.24, 2.45) is 0 Å². The lowest BCUT2D eigenvalue weighted by atomic mass is 10.0. The van der Waals surface area contributed by atoms with E-state index in [0.717, 1.165) is 28.3 Å². The number of nitrogens with zero attached hydrogens (tertiary/aromatic N) is 3. The number of ether oxygens (including phenoxy) is 2. The van der Waals surface area contributed by atoms with Gasteiger partial charge in [-0.2, -0.15) is 0 Å². The molecule has 0 atom stereocenters. The molecule has 10 heteroatoms. The lowest BCUT2D eigenvalue weighted by Crippen LogP contribution is -2.17. The molecule has 2 aromatic carbocycles. The highest BCUT2D eigenvalue weighted by atomic mass is 32.2. The van der Waals surface area contributed by atoms with Crippen LogP contribution in [0.15, 0.2) is 77.8 Å². The van der Waals surface area contributed by atoms with Crippen LogP contribution in [-0.2, 0) is 22.5 Å². The van der Waals surface area contributed by atoms with E-state index in [9.17, 15) is 9.59 Å². The molecule has 196 valence electrons. The summed E-state index contributed by atoms with van der Waals surface area (Å²) < 4.78 is 12.4. The van der Waals surface area contributed by atoms with E-state index in [1.165, 1.54) is 23.1 Å². The lowest BCUT2D eigenvalue weighted by molar-refractivity contribution is -0.113. The summed E-state index contributed by atoms with van der Waals surface area (Å²) >= 11 is 2.57. The summed E-state index contributed by atoms with van der Waals surface area (Å²) in [5.41, 5.74) is 3.03. The maximum atomic E-state index is 12.9. The van der Waals surface area contributed by atoms with Gasteiger partial charge in [-0.1, -0.05) is 60.3 Å². The van der Waals surface area contributed by atoms with Gasteiger partial charge in [0, 0.05) is 23.9 Å². The number of hydrogen-bond acceptors (Lipinski definition) is 8. The number of aromatic nitrogens is 3. The molecule has 2 aromatic heterocycles. The molecule has 0 aliphatic heterocycles. The van der Waals surface area contributed by atoms with Gasteiger partial charge in [0.05, 0.1) is 19.5 Å². The summed E-state index contributed by atoms with van der Waals surface area (Å²) in [5, 5.41) is 14.5. The number of carbonyl (C=O) groups excluding carboxylic acids is 2. The third kappa shape index (κ3) is 6.51. The number of amides is 1. The van der Waals surface area contributed by atoms with E-state index in [0.29, 0.717) is 28.7 Å². The SMILES string of the molecule is C=CCn1c(Cc2ccc(OC)cc2)nnc1SCC(=O)Nc1scc(-c2ccccc2)c1C(=O)OCC. The van der Waals surface area contributed by atoms with E-state index >= 15 is 0 Å². The first-order valence-electron chi connectivity index (χ1n) is 12.0. The third-order valence-electron chi connectivity index (χ3n) is 5.57. The van der Waals surface area contributed by atoms with Crippen molar-refractivity contribution in [2.45, 2.75) is 25.0 Å². The lowest BCUT2D eigenvalue weighted by Gasteiger charge is -2.10. The number of allylic oxidation sites excluding steroid dienone is 1. The number of benzene rings is 2. The second-order valence-electron chi connectivity index (χ2n) is 8.10. The number of hydrogen-bond donors (Lipinski definition) is 1. The molecule has 8 nitrogen and oxygen atoms in total. The van der Waals surface area contributed by atoms with Crippen LogP contribution in [-0.4, -0.2) is 46.1 Å². The van der Waals surface area contributed by atoms with Crippen molar-refractivity contribution >= 4 is 40.0 Å². The van der Waals surface area contributed by atoms with Gasteiger partial charge in [0.2, 0.25) is 5.91 Å². The Morgan fingerprint density at radius 3 is 2.58 bits per heavy atom. The minimum atomic E-state index is -0.468. The Bertz CT molecular complexity index is 1400. The molecular weight excluding hydrogens is 520 g/mol. The highest BCUT2D eigenvalue weighted by Crippen LogP contribution is 2.36. The molecule has 38 heavy (non-hydrogen) atoms. The van der Waals surface area contributed by atoms with Gasteiger partial charge in [0.25, 0.3) is 0 Å². The fourth-order valence-electron chi connectivity index (χ4n) is 3.77. The Morgan fingerprint density at radius 2 is 1.89 bits per heavy atom. The molecule has 0 saturated carbocycles. The molecule has 0 aliphatic carbocycles. The predicted octanol–water partition coefficient (Wildman–Crippen LogP) is 5.70. The molecule has 0 unspecified atom stereocenters. The summed E-state index contributed by atoms with van der Waals surface area (Å²) in [6.07, 6.45) is 2.35. The van der Waals surface area contributed by atoms with Gasteiger partial charge in [-0.3, -0.25) is 4.79 Å². The van der Waals surface area contributed by atoms with Gasteiger partial charge in [-0.15, -0.1) is 28.1 Å². The van der Waals surface area contributed by atoms with Crippen LogP contribution < -0.4 is 10.1 Å². The predicted molar refractivity (Wildman–Crippen MR) is 151 cm³/mol. The van der Waals surface area contributed by atoms with Crippen molar-refractivity contribution < 1.29 is 19.1 Å². The normalized spacial score (nSPS) is 10.7. The van der Waals surface area contributed by atoms with Crippen LogP contribution in [0.1, 0.15) is 28.7 Å². The monoisotopic (exact) mass is 548 g/mol. The molecular formula is C28H28N4O4S2. The van der Waals surface area contributed by atoms with Crippen molar-refractivity contribution in [1.82, 2.24) is 14.8 Å². The van der Waals surface area contributed by atoms with Crippen molar-refractivity contribution in [1.29, 1.82) is 0 Å². The molecule has 0 saturated heterocycles. The fraction of sp³-hybridized carbons (Fsp3) is 0.214. The third-order valence-corrected chi connectivity index (χ3v) is 7.43. The summed E-state index contributed by atoms with van der Waals surface area (Å²) in [6.45, 7) is 6.35. The Balaban J connectivity index is 1.47. The zero-order valence-electron chi connectivity index (χ0n) is 21.2. The van der Waals surface area contributed by atoms with Crippen LogP contribution in [0.3, 0.4) is 0 Å². The first-order valence-corrected chi connectivity index (χ1v) is 13.8. The van der Waals surface area contributed by atoms with Crippen molar-refractivity contribution in [3.05, 3.63) is 89.6 Å². The van der Waals surface area contributed by atoms with E-state index < -0.39 is 5.97 Å². The van der Waals surface area contributed by atoms with Crippen molar-refractivity contribution in [3.63, 3.8) is 0 Å². The van der Waals surface area contributed by atoms with Crippen LogP contribution in [0.2, 0.25) is 0 Å². The largest absolute Gasteiger partial charge is 0.497 e. The zero-order chi connectivity index (χ0) is 26.9. The molecule has 1 N–H and O–H groups in total. The molecule has 0 bridgehead atoms. The van der Waals surface area contributed by atoms with E-state index in [2.05, 4.69) is 22.1 Å². The van der Waals surface area contributed by atoms with Gasteiger partial charge in [0.15, 0.2) is 5.16 Å². The van der Waals surface area contributed by atoms with Gasteiger partial charge < -0.3 is 19.4 Å². The maximum absolute atomic E-state index is 12.9. The summed E-state index contributed by atoms with van der Waals surface area (Å²) in [4.78, 5) is 25.7. The number of thiophene rings is 1. The Labute approximate surface area is 229 Å². The molecule has 0 fully saturated rings. The fourth-order valence-corrected chi connectivity index (χ4v) is 5.51. The maximum Gasteiger partial charge on any atom is 0.341 e. The second-order valence-corrected chi connectivity index (χ2v) is 9.92. The Morgan fingerprint density at radius 1 is 1.13 bits per heavy atom. The minimum absolute atomic E-state index is 0.0959. The summed E-state index contributed by atoms with van der Waals surface area (Å²) in [7, 11) is 1.63. The molecule has 4 aromatic rings. The molecule has 0 spiro atoms. The summed E-state index contributed by atoms with van der Waals surface area (Å²) in [5.74, 6) is 0.930. The smallest absolute Gasteiger partial charge is 0.341 e. The number of thioether (sulfide) groups is 1. The van der Waals surface area contributed by atoms with Crippen molar-refractivity contribution in [2.75, 3.05) is 24.8 Å². The van der Waals surface area contributed by atoms with Gasteiger partial charge >= 0.3 is 5.97 Å². The number of esters is 1. The average Bonchev–Trinajstić information content (AvgIpc) is 3.52. The molecule has 4 rings (SSSR count).